The van der Waals surface area contributed by atoms with Crippen LogP contribution in [0, 0.1) is 28.6 Å². The minimum Gasteiger partial charge on any atom is -0.390 e. The van der Waals surface area contributed by atoms with Crippen LogP contribution in [0.25, 0.3) is 0 Å². The molecule has 5 aliphatic rings. The van der Waals surface area contributed by atoms with Crippen molar-refractivity contribution >= 4 is 5.78 Å². The number of carbonyl (C=O) groups is 1. The Bertz CT molecular complexity index is 878. The van der Waals surface area contributed by atoms with Gasteiger partial charge in [0.25, 0.3) is 0 Å². The lowest BCUT2D eigenvalue weighted by Gasteiger charge is -2.60. The molecule has 186 valence electrons. The Kier molecular flexibility index (Phi) is 5.17. The summed E-state index contributed by atoms with van der Waals surface area (Å²) in [5, 5.41) is 44.9. The lowest BCUT2D eigenvalue weighted by atomic mass is 9.45. The third kappa shape index (κ3) is 3.13. The quantitative estimate of drug-likeness (QED) is 0.503. The van der Waals surface area contributed by atoms with E-state index >= 15 is 0 Å². The Morgan fingerprint density at radius 1 is 1.00 bits per heavy atom. The van der Waals surface area contributed by atoms with Gasteiger partial charge in [0, 0.05) is 11.3 Å². The maximum Gasteiger partial charge on any atom is 0.159 e. The van der Waals surface area contributed by atoms with Crippen molar-refractivity contribution in [3.63, 3.8) is 0 Å². The van der Waals surface area contributed by atoms with Crippen molar-refractivity contribution in [1.29, 1.82) is 0 Å². The zero-order valence-corrected chi connectivity index (χ0v) is 20.8. The first-order valence-corrected chi connectivity index (χ1v) is 12.9. The topological polar surface area (TPSA) is 107 Å². The summed E-state index contributed by atoms with van der Waals surface area (Å²) in [7, 11) is 0. The number of rotatable bonds is 2. The predicted octanol–water partition coefficient (Wildman–Crippen LogP) is 2.90. The van der Waals surface area contributed by atoms with E-state index in [-0.39, 0.29) is 41.7 Å². The van der Waals surface area contributed by atoms with Crippen LogP contribution in [0.4, 0.5) is 0 Å². The number of hydrogen-bond acceptors (Lipinski definition) is 6. The molecule has 0 radical (unpaired) electrons. The highest BCUT2D eigenvalue weighted by atomic mass is 16.5. The molecule has 3 saturated carbocycles. The third-order valence-corrected chi connectivity index (χ3v) is 10.9. The Labute approximate surface area is 197 Å². The van der Waals surface area contributed by atoms with Gasteiger partial charge in [-0.1, -0.05) is 13.8 Å². The number of aliphatic hydroxyl groups is 4. The summed E-state index contributed by atoms with van der Waals surface area (Å²) in [4.78, 5) is 13.3. The van der Waals surface area contributed by atoms with E-state index < -0.39 is 34.2 Å². The van der Waals surface area contributed by atoms with Crippen molar-refractivity contribution in [2.45, 2.75) is 121 Å². The van der Waals surface area contributed by atoms with Crippen LogP contribution in [-0.4, -0.2) is 61.3 Å². The van der Waals surface area contributed by atoms with Crippen LogP contribution in [-0.2, 0) is 9.53 Å². The Hall–Kier alpha value is -0.790. The lowest BCUT2D eigenvalue weighted by Crippen LogP contribution is -2.62. The number of ketones is 1. The van der Waals surface area contributed by atoms with Gasteiger partial charge in [0.2, 0.25) is 0 Å². The Morgan fingerprint density at radius 2 is 1.70 bits per heavy atom. The van der Waals surface area contributed by atoms with E-state index in [1.54, 1.807) is 6.08 Å². The molecule has 4 fully saturated rings. The molecule has 0 bridgehead atoms. The largest absolute Gasteiger partial charge is 0.390 e. The van der Waals surface area contributed by atoms with Gasteiger partial charge in [-0.2, -0.15) is 0 Å². The van der Waals surface area contributed by atoms with Crippen molar-refractivity contribution in [3.05, 3.63) is 11.6 Å². The molecular weight excluding hydrogens is 420 g/mol. The van der Waals surface area contributed by atoms with Crippen molar-refractivity contribution in [1.82, 2.24) is 0 Å². The zero-order chi connectivity index (χ0) is 24.2. The Balaban J connectivity index is 1.51. The first-order valence-electron chi connectivity index (χ1n) is 12.9. The minimum atomic E-state index is -1.16. The van der Waals surface area contributed by atoms with Crippen molar-refractivity contribution in [3.8, 4) is 0 Å². The molecule has 10 atom stereocenters. The first-order chi connectivity index (χ1) is 15.2. The molecule has 0 amide bonds. The maximum absolute atomic E-state index is 13.3. The highest BCUT2D eigenvalue weighted by Gasteiger charge is 2.69. The number of fused-ring (bicyclic) bond motifs is 5. The third-order valence-electron chi connectivity index (χ3n) is 10.9. The second-order valence-electron chi connectivity index (χ2n) is 13.2. The highest BCUT2D eigenvalue weighted by molar-refractivity contribution is 5.95. The lowest BCUT2D eigenvalue weighted by molar-refractivity contribution is -0.188. The standard InChI is InChI=1S/C27H42O6/c1-23(2)9-8-22(33-23)26(5,31)21-7-11-27(32)16-12-18(28)17-13-19(29)20(30)14-24(17,3)15(16)6-10-25(21,27)4/h12,15,17,19-22,29-32H,6-11,13-14H2,1-5H3/t15-,17-,19+,20-,21-,22?,24+,25+,26+,27+/m0/s1. The average Bonchev–Trinajstić information content (AvgIpc) is 3.21. The first kappa shape index (κ1) is 23.9. The number of carbonyl (C=O) groups excluding carboxylic acids is 1. The summed E-state index contributed by atoms with van der Waals surface area (Å²) >= 11 is 0. The van der Waals surface area contributed by atoms with Gasteiger partial charge < -0.3 is 25.2 Å². The van der Waals surface area contributed by atoms with E-state index in [9.17, 15) is 25.2 Å². The highest BCUT2D eigenvalue weighted by Crippen LogP contribution is 2.69. The van der Waals surface area contributed by atoms with Crippen LogP contribution in [0.1, 0.15) is 86.0 Å². The Morgan fingerprint density at radius 3 is 2.33 bits per heavy atom. The van der Waals surface area contributed by atoms with Crippen LogP contribution in [0.3, 0.4) is 0 Å². The van der Waals surface area contributed by atoms with Gasteiger partial charge in [-0.15, -0.1) is 0 Å². The fourth-order valence-corrected chi connectivity index (χ4v) is 8.93. The molecule has 5 rings (SSSR count). The van der Waals surface area contributed by atoms with Gasteiger partial charge in [0.05, 0.1) is 35.1 Å². The number of hydrogen-bond donors (Lipinski definition) is 4. The van der Waals surface area contributed by atoms with E-state index in [0.29, 0.717) is 19.3 Å². The summed E-state index contributed by atoms with van der Waals surface area (Å²) in [5.74, 6) is -0.517. The summed E-state index contributed by atoms with van der Waals surface area (Å²) in [6.07, 6.45) is 4.77. The molecule has 1 aliphatic heterocycles. The summed E-state index contributed by atoms with van der Waals surface area (Å²) < 4.78 is 6.26. The second-order valence-corrected chi connectivity index (χ2v) is 13.2. The number of aliphatic hydroxyl groups excluding tert-OH is 2. The average molecular weight is 463 g/mol. The van der Waals surface area contributed by atoms with Gasteiger partial charge in [0.15, 0.2) is 5.78 Å². The number of allylic oxidation sites excluding steroid dienone is 1. The van der Waals surface area contributed by atoms with Crippen molar-refractivity contribution in [2.75, 3.05) is 0 Å². The van der Waals surface area contributed by atoms with Gasteiger partial charge in [-0.25, -0.2) is 0 Å². The maximum atomic E-state index is 13.3. The summed E-state index contributed by atoms with van der Waals surface area (Å²) in [5.41, 5.74) is -2.73. The molecule has 1 unspecified atom stereocenters. The van der Waals surface area contributed by atoms with Gasteiger partial charge in [-0.05, 0) is 101 Å². The van der Waals surface area contributed by atoms with Crippen LogP contribution in [0.5, 0.6) is 0 Å². The van der Waals surface area contributed by atoms with Gasteiger partial charge >= 0.3 is 0 Å². The predicted molar refractivity (Wildman–Crippen MR) is 123 cm³/mol. The molecular formula is C27H42O6. The summed E-state index contributed by atoms with van der Waals surface area (Å²) in [6.45, 7) is 10.2. The van der Waals surface area contributed by atoms with Gasteiger partial charge in [-0.3, -0.25) is 4.79 Å². The number of ether oxygens (including phenoxy) is 1. The molecule has 6 heteroatoms. The van der Waals surface area contributed by atoms with Gasteiger partial charge in [0.1, 0.15) is 0 Å². The normalized spacial score (nSPS) is 53.0. The molecule has 1 saturated heterocycles. The molecule has 0 aromatic carbocycles. The van der Waals surface area contributed by atoms with E-state index in [4.69, 9.17) is 4.74 Å². The minimum absolute atomic E-state index is 0.00853. The second kappa shape index (κ2) is 7.13. The van der Waals surface area contributed by atoms with E-state index in [2.05, 4.69) is 27.7 Å². The smallest absolute Gasteiger partial charge is 0.159 e. The molecule has 33 heavy (non-hydrogen) atoms. The monoisotopic (exact) mass is 462 g/mol. The molecule has 0 aromatic heterocycles. The fraction of sp³-hybridized carbons (Fsp3) is 0.889. The summed E-state index contributed by atoms with van der Waals surface area (Å²) in [6, 6.07) is 0. The molecule has 4 aliphatic carbocycles. The molecule has 0 aromatic rings. The molecule has 4 N–H and O–H groups in total. The van der Waals surface area contributed by atoms with E-state index in [1.165, 1.54) is 0 Å². The SMILES string of the molecule is CC1(C)CCC([C@](C)(O)[C@H]2CC[C@@]3(O)C4=CC(=O)[C@@H]5C[C@@H](O)[C@@H](O)C[C@]5(C)[C@H]4CC[C@]23C)O1. The van der Waals surface area contributed by atoms with Crippen LogP contribution >= 0.6 is 0 Å². The van der Waals surface area contributed by atoms with Crippen LogP contribution < -0.4 is 0 Å². The van der Waals surface area contributed by atoms with E-state index in [0.717, 1.165) is 31.3 Å². The van der Waals surface area contributed by atoms with E-state index in [1.807, 2.05) is 6.92 Å². The fourth-order valence-electron chi connectivity index (χ4n) is 8.93. The van der Waals surface area contributed by atoms with Crippen molar-refractivity contribution in [2.24, 2.45) is 28.6 Å². The zero-order valence-electron chi connectivity index (χ0n) is 20.8. The van der Waals surface area contributed by atoms with Crippen LogP contribution in [0.15, 0.2) is 11.6 Å². The molecule has 0 spiro atoms. The van der Waals surface area contributed by atoms with Crippen LogP contribution in [0.2, 0.25) is 0 Å². The molecule has 6 nitrogen and oxygen atoms in total. The molecule has 1 heterocycles. The van der Waals surface area contributed by atoms with Crippen molar-refractivity contribution < 1.29 is 30.0 Å².